The maximum atomic E-state index is 13.2. The molecule has 0 atom stereocenters. The highest BCUT2D eigenvalue weighted by molar-refractivity contribution is 7.92. The van der Waals surface area contributed by atoms with Gasteiger partial charge in [0, 0.05) is 18.3 Å². The van der Waals surface area contributed by atoms with Gasteiger partial charge in [-0.2, -0.15) is 0 Å². The highest BCUT2D eigenvalue weighted by Gasteiger charge is 2.17. The molecule has 0 saturated heterocycles. The molecule has 3 aromatic carbocycles. The van der Waals surface area contributed by atoms with Gasteiger partial charge in [0.05, 0.1) is 34.9 Å². The van der Waals surface area contributed by atoms with E-state index in [9.17, 15) is 12.8 Å². The second-order valence-corrected chi connectivity index (χ2v) is 10.3. The van der Waals surface area contributed by atoms with Crippen molar-refractivity contribution in [2.45, 2.75) is 11.4 Å². The monoisotopic (exact) mass is 549 g/mol. The number of methoxy groups -OCH3 is 1. The molecule has 5 rings (SSSR count). The normalized spacial score (nSPS) is 11.3. The standard InChI is InChI=1S/C27H21ClFN5O3S/c1-37-21-7-2-17(3-8-21)14-31-26-16-30-23-11-4-18(12-24(23)33-26)19-13-25(27(28)32-15-19)34-38(35,36)22-9-5-20(29)6-10-22/h2-13,15-16,34H,14H2,1H3,(H,31,33). The summed E-state index contributed by atoms with van der Waals surface area (Å²) >= 11 is 6.18. The van der Waals surface area contributed by atoms with Crippen LogP contribution in [0.25, 0.3) is 22.2 Å². The van der Waals surface area contributed by atoms with Crippen LogP contribution in [0.2, 0.25) is 5.15 Å². The number of hydrogen-bond donors (Lipinski definition) is 2. The molecule has 2 N–H and O–H groups in total. The Morgan fingerprint density at radius 2 is 1.66 bits per heavy atom. The molecule has 0 spiro atoms. The molecule has 0 radical (unpaired) electrons. The Balaban J connectivity index is 1.38. The lowest BCUT2D eigenvalue weighted by Gasteiger charge is -2.11. The van der Waals surface area contributed by atoms with Crippen molar-refractivity contribution in [3.05, 3.63) is 102 Å². The van der Waals surface area contributed by atoms with Crippen LogP contribution in [0.4, 0.5) is 15.9 Å². The van der Waals surface area contributed by atoms with E-state index in [4.69, 9.17) is 16.3 Å². The zero-order valence-corrected chi connectivity index (χ0v) is 21.6. The minimum Gasteiger partial charge on any atom is -0.497 e. The third-order valence-corrected chi connectivity index (χ3v) is 7.40. The van der Waals surface area contributed by atoms with Crippen molar-refractivity contribution < 1.29 is 17.5 Å². The Morgan fingerprint density at radius 1 is 0.895 bits per heavy atom. The number of aromatic nitrogens is 3. The molecule has 11 heteroatoms. The van der Waals surface area contributed by atoms with Crippen LogP contribution >= 0.6 is 11.6 Å². The number of nitrogens with zero attached hydrogens (tertiary/aromatic N) is 3. The summed E-state index contributed by atoms with van der Waals surface area (Å²) in [4.78, 5) is 13.2. The summed E-state index contributed by atoms with van der Waals surface area (Å²) in [5.74, 6) is 0.853. The van der Waals surface area contributed by atoms with Crippen molar-refractivity contribution in [2.24, 2.45) is 0 Å². The molecular weight excluding hydrogens is 529 g/mol. The molecule has 0 saturated carbocycles. The van der Waals surface area contributed by atoms with E-state index in [0.29, 0.717) is 29.0 Å². The number of fused-ring (bicyclic) bond motifs is 1. The summed E-state index contributed by atoms with van der Waals surface area (Å²) in [6.07, 6.45) is 3.20. The average Bonchev–Trinajstić information content (AvgIpc) is 2.93. The second kappa shape index (κ2) is 10.6. The Bertz CT molecular complexity index is 1720. The molecule has 5 aromatic rings. The summed E-state index contributed by atoms with van der Waals surface area (Å²) in [5, 5.41) is 3.24. The fourth-order valence-corrected chi connectivity index (χ4v) is 4.97. The van der Waals surface area contributed by atoms with Crippen LogP contribution in [0.5, 0.6) is 5.75 Å². The zero-order valence-electron chi connectivity index (χ0n) is 20.0. The summed E-state index contributed by atoms with van der Waals surface area (Å²) in [6, 6.07) is 19.3. The Morgan fingerprint density at radius 3 is 2.39 bits per heavy atom. The number of anilines is 2. The van der Waals surface area contributed by atoms with Crippen molar-refractivity contribution in [3.8, 4) is 16.9 Å². The van der Waals surface area contributed by atoms with E-state index < -0.39 is 15.8 Å². The number of benzene rings is 3. The summed E-state index contributed by atoms with van der Waals surface area (Å²) in [7, 11) is -2.38. The third-order valence-electron chi connectivity index (χ3n) is 5.72. The van der Waals surface area contributed by atoms with Crippen LogP contribution in [0, 0.1) is 5.82 Å². The summed E-state index contributed by atoms with van der Waals surface area (Å²) in [6.45, 7) is 0.558. The first-order valence-electron chi connectivity index (χ1n) is 11.4. The average molecular weight is 550 g/mol. The predicted octanol–water partition coefficient (Wildman–Crippen LogP) is 5.91. The van der Waals surface area contributed by atoms with Gasteiger partial charge < -0.3 is 10.1 Å². The summed E-state index contributed by atoms with van der Waals surface area (Å²) < 4.78 is 46.4. The van der Waals surface area contributed by atoms with Gasteiger partial charge in [-0.3, -0.25) is 9.71 Å². The lowest BCUT2D eigenvalue weighted by atomic mass is 10.1. The van der Waals surface area contributed by atoms with E-state index in [0.717, 1.165) is 29.0 Å². The summed E-state index contributed by atoms with van der Waals surface area (Å²) in [5.41, 5.74) is 3.85. The highest BCUT2D eigenvalue weighted by atomic mass is 35.5. The van der Waals surface area contributed by atoms with E-state index in [-0.39, 0.29) is 15.7 Å². The molecule has 0 aliphatic rings. The maximum Gasteiger partial charge on any atom is 0.261 e. The first kappa shape index (κ1) is 25.4. The number of rotatable bonds is 8. The largest absolute Gasteiger partial charge is 0.497 e. The first-order valence-corrected chi connectivity index (χ1v) is 13.2. The Hall–Kier alpha value is -4.28. The minimum absolute atomic E-state index is 0.0231. The van der Waals surface area contributed by atoms with Gasteiger partial charge in [-0.05, 0) is 65.7 Å². The molecule has 0 aliphatic heterocycles. The van der Waals surface area contributed by atoms with E-state index in [2.05, 4.69) is 25.0 Å². The van der Waals surface area contributed by atoms with Crippen LogP contribution in [0.3, 0.4) is 0 Å². The van der Waals surface area contributed by atoms with Crippen LogP contribution < -0.4 is 14.8 Å². The van der Waals surface area contributed by atoms with Crippen molar-refractivity contribution >= 4 is 44.2 Å². The molecule has 2 heterocycles. The number of sulfonamides is 1. The zero-order chi connectivity index (χ0) is 26.7. The lowest BCUT2D eigenvalue weighted by molar-refractivity contribution is 0.414. The number of hydrogen-bond acceptors (Lipinski definition) is 7. The SMILES string of the molecule is COc1ccc(CNc2cnc3ccc(-c4cnc(Cl)c(NS(=O)(=O)c5ccc(F)cc5)c4)cc3n2)cc1. The Labute approximate surface area is 223 Å². The second-order valence-electron chi connectivity index (χ2n) is 8.28. The van der Waals surface area contributed by atoms with Crippen LogP contribution in [0.15, 0.2) is 90.1 Å². The topological polar surface area (TPSA) is 106 Å². The van der Waals surface area contributed by atoms with Gasteiger partial charge in [0.2, 0.25) is 0 Å². The van der Waals surface area contributed by atoms with Crippen LogP contribution in [0.1, 0.15) is 5.56 Å². The van der Waals surface area contributed by atoms with Gasteiger partial charge in [-0.25, -0.2) is 22.8 Å². The van der Waals surface area contributed by atoms with Crippen molar-refractivity contribution in [2.75, 3.05) is 17.1 Å². The smallest absolute Gasteiger partial charge is 0.261 e. The highest BCUT2D eigenvalue weighted by Crippen LogP contribution is 2.30. The molecule has 38 heavy (non-hydrogen) atoms. The number of halogens is 2. The fraction of sp³-hybridized carbons (Fsp3) is 0.0741. The van der Waals surface area contributed by atoms with Crippen molar-refractivity contribution in [3.63, 3.8) is 0 Å². The number of pyridine rings is 1. The Kier molecular flexibility index (Phi) is 7.08. The molecule has 0 unspecified atom stereocenters. The molecule has 0 amide bonds. The van der Waals surface area contributed by atoms with E-state index in [1.165, 1.54) is 12.1 Å². The first-order chi connectivity index (χ1) is 18.3. The van der Waals surface area contributed by atoms with E-state index in [1.54, 1.807) is 25.6 Å². The van der Waals surface area contributed by atoms with Gasteiger partial charge in [-0.1, -0.05) is 29.8 Å². The molecule has 8 nitrogen and oxygen atoms in total. The molecular formula is C27H21ClFN5O3S. The third kappa shape index (κ3) is 5.66. The van der Waals surface area contributed by atoms with Crippen LogP contribution in [-0.2, 0) is 16.6 Å². The molecule has 2 aromatic heterocycles. The predicted molar refractivity (Wildman–Crippen MR) is 145 cm³/mol. The number of nitrogens with one attached hydrogen (secondary N) is 2. The van der Waals surface area contributed by atoms with Crippen molar-refractivity contribution in [1.29, 1.82) is 0 Å². The molecule has 0 bridgehead atoms. The fourth-order valence-electron chi connectivity index (χ4n) is 3.71. The molecule has 192 valence electrons. The van der Waals surface area contributed by atoms with Crippen molar-refractivity contribution in [1.82, 2.24) is 15.0 Å². The van der Waals surface area contributed by atoms with E-state index >= 15 is 0 Å². The maximum absolute atomic E-state index is 13.2. The van der Waals surface area contributed by atoms with Gasteiger partial charge in [0.1, 0.15) is 17.4 Å². The van der Waals surface area contributed by atoms with Gasteiger partial charge in [0.25, 0.3) is 10.0 Å². The number of ether oxygens (including phenoxy) is 1. The van der Waals surface area contributed by atoms with Crippen LogP contribution in [-0.4, -0.2) is 30.5 Å². The van der Waals surface area contributed by atoms with Gasteiger partial charge in [-0.15, -0.1) is 0 Å². The van der Waals surface area contributed by atoms with Gasteiger partial charge >= 0.3 is 0 Å². The van der Waals surface area contributed by atoms with Gasteiger partial charge in [0.15, 0.2) is 5.15 Å². The minimum atomic E-state index is -4.00. The molecule has 0 aliphatic carbocycles. The van der Waals surface area contributed by atoms with E-state index in [1.807, 2.05) is 42.5 Å². The lowest BCUT2D eigenvalue weighted by Crippen LogP contribution is -2.13. The molecule has 0 fully saturated rings. The quantitative estimate of drug-likeness (QED) is 0.232.